The Morgan fingerprint density at radius 3 is 2.48 bits per heavy atom. The van der Waals surface area contributed by atoms with Crippen molar-refractivity contribution in [1.29, 1.82) is 0 Å². The van der Waals surface area contributed by atoms with Gasteiger partial charge in [0.25, 0.3) is 5.91 Å². The van der Waals surface area contributed by atoms with Crippen LogP contribution in [-0.2, 0) is 6.54 Å². The second-order valence-corrected chi connectivity index (χ2v) is 5.51. The molecule has 3 heterocycles. The molecule has 0 saturated carbocycles. The van der Waals surface area contributed by atoms with Gasteiger partial charge in [-0.05, 0) is 23.8 Å². The first-order valence-electron chi connectivity index (χ1n) is 7.67. The van der Waals surface area contributed by atoms with Crippen molar-refractivity contribution >= 4 is 5.91 Å². The first-order valence-corrected chi connectivity index (χ1v) is 7.67. The van der Waals surface area contributed by atoms with Gasteiger partial charge in [0, 0.05) is 57.4 Å². The topological polar surface area (TPSA) is 58.6 Å². The molecule has 1 saturated heterocycles. The van der Waals surface area contributed by atoms with Crippen LogP contribution in [0.5, 0.6) is 5.88 Å². The van der Waals surface area contributed by atoms with E-state index >= 15 is 0 Å². The molecule has 0 bridgehead atoms. The molecule has 2 aromatic rings. The van der Waals surface area contributed by atoms with Gasteiger partial charge in [-0.1, -0.05) is 0 Å². The maximum absolute atomic E-state index is 12.5. The van der Waals surface area contributed by atoms with Crippen LogP contribution >= 0.6 is 0 Å². The van der Waals surface area contributed by atoms with E-state index in [1.54, 1.807) is 25.4 Å². The van der Waals surface area contributed by atoms with Crippen molar-refractivity contribution in [2.45, 2.75) is 6.54 Å². The van der Waals surface area contributed by atoms with Crippen LogP contribution in [0.4, 0.5) is 0 Å². The minimum absolute atomic E-state index is 0.0312. The van der Waals surface area contributed by atoms with Crippen molar-refractivity contribution in [3.63, 3.8) is 0 Å². The second kappa shape index (κ2) is 7.19. The number of methoxy groups -OCH3 is 1. The summed E-state index contributed by atoms with van der Waals surface area (Å²) < 4.78 is 5.02. The molecule has 1 amide bonds. The van der Waals surface area contributed by atoms with Gasteiger partial charge in [0.05, 0.1) is 12.7 Å². The van der Waals surface area contributed by atoms with E-state index < -0.39 is 0 Å². The van der Waals surface area contributed by atoms with E-state index in [0.29, 0.717) is 11.4 Å². The predicted molar refractivity (Wildman–Crippen MR) is 86.2 cm³/mol. The Balaban J connectivity index is 1.54. The molecule has 0 spiro atoms. The van der Waals surface area contributed by atoms with Crippen LogP contribution in [0, 0.1) is 0 Å². The van der Waals surface area contributed by atoms with Gasteiger partial charge in [-0.15, -0.1) is 0 Å². The van der Waals surface area contributed by atoms with Crippen LogP contribution in [0.3, 0.4) is 0 Å². The number of carbonyl (C=O) groups is 1. The third-order valence-corrected chi connectivity index (χ3v) is 4.01. The molecule has 0 aliphatic carbocycles. The van der Waals surface area contributed by atoms with Gasteiger partial charge >= 0.3 is 0 Å². The monoisotopic (exact) mass is 312 g/mol. The van der Waals surface area contributed by atoms with Crippen LogP contribution in [0.1, 0.15) is 15.9 Å². The third-order valence-electron chi connectivity index (χ3n) is 4.01. The number of rotatable bonds is 4. The number of aromatic nitrogens is 2. The average molecular weight is 312 g/mol. The highest BCUT2D eigenvalue weighted by Gasteiger charge is 2.22. The molecule has 1 fully saturated rings. The van der Waals surface area contributed by atoms with Crippen LogP contribution in [-0.4, -0.2) is 59.0 Å². The summed E-state index contributed by atoms with van der Waals surface area (Å²) in [4.78, 5) is 24.8. The summed E-state index contributed by atoms with van der Waals surface area (Å²) >= 11 is 0. The zero-order valence-corrected chi connectivity index (χ0v) is 13.2. The summed E-state index contributed by atoms with van der Waals surface area (Å²) in [5, 5.41) is 0. The average Bonchev–Trinajstić information content (AvgIpc) is 2.63. The van der Waals surface area contributed by atoms with Crippen molar-refractivity contribution < 1.29 is 9.53 Å². The zero-order valence-electron chi connectivity index (χ0n) is 13.2. The Morgan fingerprint density at radius 2 is 1.87 bits per heavy atom. The predicted octanol–water partition coefficient (Wildman–Crippen LogP) is 1.44. The first kappa shape index (κ1) is 15.4. The molecule has 120 valence electrons. The van der Waals surface area contributed by atoms with E-state index in [1.165, 1.54) is 5.56 Å². The molecule has 3 rings (SSSR count). The number of ether oxygens (including phenoxy) is 1. The van der Waals surface area contributed by atoms with Crippen molar-refractivity contribution in [3.8, 4) is 5.88 Å². The minimum Gasteiger partial charge on any atom is -0.481 e. The Labute approximate surface area is 135 Å². The largest absolute Gasteiger partial charge is 0.481 e. The van der Waals surface area contributed by atoms with E-state index in [2.05, 4.69) is 14.9 Å². The SMILES string of the molecule is COc1ccc(C(=O)N2CCN(Cc3ccncc3)CC2)cn1. The van der Waals surface area contributed by atoms with E-state index in [1.807, 2.05) is 29.4 Å². The molecule has 0 radical (unpaired) electrons. The lowest BCUT2D eigenvalue weighted by Gasteiger charge is -2.34. The fourth-order valence-electron chi connectivity index (χ4n) is 2.67. The molecule has 0 N–H and O–H groups in total. The number of carbonyl (C=O) groups excluding carboxylic acids is 1. The van der Waals surface area contributed by atoms with Crippen LogP contribution in [0.15, 0.2) is 42.9 Å². The Hall–Kier alpha value is -2.47. The van der Waals surface area contributed by atoms with Gasteiger partial charge in [-0.2, -0.15) is 0 Å². The van der Waals surface area contributed by atoms with Crippen molar-refractivity contribution in [2.24, 2.45) is 0 Å². The first-order chi connectivity index (χ1) is 11.3. The van der Waals surface area contributed by atoms with Gasteiger partial charge < -0.3 is 9.64 Å². The summed E-state index contributed by atoms with van der Waals surface area (Å²) in [6.45, 7) is 4.11. The standard InChI is InChI=1S/C17H20N4O2/c1-23-16-3-2-15(12-19-16)17(22)21-10-8-20(9-11-21)13-14-4-6-18-7-5-14/h2-7,12H,8-11,13H2,1H3. The van der Waals surface area contributed by atoms with Crippen molar-refractivity contribution in [3.05, 3.63) is 54.0 Å². The molecule has 6 heteroatoms. The zero-order chi connectivity index (χ0) is 16.1. The number of amides is 1. The van der Waals surface area contributed by atoms with Gasteiger partial charge in [-0.25, -0.2) is 4.98 Å². The molecule has 1 aliphatic rings. The number of piperazine rings is 1. The summed E-state index contributed by atoms with van der Waals surface area (Å²) in [5.74, 6) is 0.549. The maximum Gasteiger partial charge on any atom is 0.255 e. The number of hydrogen-bond acceptors (Lipinski definition) is 5. The second-order valence-electron chi connectivity index (χ2n) is 5.51. The van der Waals surface area contributed by atoms with E-state index in [4.69, 9.17) is 4.74 Å². The summed E-state index contributed by atoms with van der Waals surface area (Å²) in [7, 11) is 1.56. The van der Waals surface area contributed by atoms with Crippen LogP contribution in [0.2, 0.25) is 0 Å². The van der Waals surface area contributed by atoms with Crippen LogP contribution < -0.4 is 4.74 Å². The Kier molecular flexibility index (Phi) is 4.83. The third kappa shape index (κ3) is 3.84. The van der Waals surface area contributed by atoms with Gasteiger partial charge in [-0.3, -0.25) is 14.7 Å². The maximum atomic E-state index is 12.5. The van der Waals surface area contributed by atoms with Crippen molar-refractivity contribution in [2.75, 3.05) is 33.3 Å². The fraction of sp³-hybridized carbons (Fsp3) is 0.353. The summed E-state index contributed by atoms with van der Waals surface area (Å²) in [6.07, 6.45) is 5.20. The highest BCUT2D eigenvalue weighted by molar-refractivity contribution is 5.94. The number of pyridine rings is 2. The number of nitrogens with zero attached hydrogens (tertiary/aromatic N) is 4. The summed E-state index contributed by atoms with van der Waals surface area (Å²) in [5.41, 5.74) is 1.85. The molecule has 1 aliphatic heterocycles. The summed E-state index contributed by atoms with van der Waals surface area (Å²) in [6, 6.07) is 7.53. The molecule has 0 aromatic carbocycles. The highest BCUT2D eigenvalue weighted by Crippen LogP contribution is 2.13. The Morgan fingerprint density at radius 1 is 1.13 bits per heavy atom. The molecular formula is C17H20N4O2. The van der Waals surface area contributed by atoms with E-state index in [9.17, 15) is 4.79 Å². The molecule has 0 unspecified atom stereocenters. The molecular weight excluding hydrogens is 292 g/mol. The lowest BCUT2D eigenvalue weighted by atomic mass is 10.2. The fourth-order valence-corrected chi connectivity index (χ4v) is 2.67. The smallest absolute Gasteiger partial charge is 0.255 e. The lowest BCUT2D eigenvalue weighted by Crippen LogP contribution is -2.48. The Bertz CT molecular complexity index is 637. The lowest BCUT2D eigenvalue weighted by molar-refractivity contribution is 0.0628. The van der Waals surface area contributed by atoms with Gasteiger partial charge in [0.2, 0.25) is 5.88 Å². The normalized spacial score (nSPS) is 15.4. The number of hydrogen-bond donors (Lipinski definition) is 0. The molecule has 0 atom stereocenters. The molecule has 2 aromatic heterocycles. The molecule has 6 nitrogen and oxygen atoms in total. The highest BCUT2D eigenvalue weighted by atomic mass is 16.5. The van der Waals surface area contributed by atoms with Crippen molar-refractivity contribution in [1.82, 2.24) is 19.8 Å². The van der Waals surface area contributed by atoms with E-state index in [-0.39, 0.29) is 5.91 Å². The van der Waals surface area contributed by atoms with Gasteiger partial charge in [0.1, 0.15) is 0 Å². The molecule has 23 heavy (non-hydrogen) atoms. The van der Waals surface area contributed by atoms with Gasteiger partial charge in [0.15, 0.2) is 0 Å². The van der Waals surface area contributed by atoms with E-state index in [0.717, 1.165) is 32.7 Å². The quantitative estimate of drug-likeness (QED) is 0.855. The van der Waals surface area contributed by atoms with Crippen LogP contribution in [0.25, 0.3) is 0 Å². The minimum atomic E-state index is 0.0312.